The van der Waals surface area contributed by atoms with Crippen LogP contribution in [-0.2, 0) is 26.2 Å². The molecule has 0 spiro atoms. The second-order valence-electron chi connectivity index (χ2n) is 19.3. The second kappa shape index (κ2) is 19.8. The van der Waals surface area contributed by atoms with Gasteiger partial charge < -0.3 is 25.0 Å². The number of hydrogen-bond acceptors (Lipinski definition) is 15. The maximum absolute atomic E-state index is 15.4. The molecule has 0 unspecified atom stereocenters. The number of carboxylic acids is 1. The standard InChI is InChI=1S/C25H23FN10O.C14H13N5O2.C11H12FN5/c26-24-19(16-3-4-16)6-7-22(36-14-28-31-33-36)20(24)9-27-25(37)21-13-35(32-30-21)12-18-11-34-10-17(15-1-2-15)5-8-23(34)29-18;20-14(21)12-8-19(17-16-12)7-11-6-18-5-10(9-1-2-9)3-4-13(18)15-11;12-11-8(7-1-2-7)3-4-10(9(11)5-13)17-6-14-15-16-17/h5-8,10-11,13-16H,1-4,9,12H2,(H,27,37);3-6,8-9H,1-2,7H2,(H,20,21);3-4,6-7H,1-2,5,13H2. The molecule has 0 radical (unpaired) electrons. The van der Waals surface area contributed by atoms with Crippen LogP contribution in [0.1, 0.15) is 141 Å². The number of halogens is 2. The van der Waals surface area contributed by atoms with Crippen molar-refractivity contribution in [1.29, 1.82) is 0 Å². The van der Waals surface area contributed by atoms with E-state index in [-0.39, 0.29) is 42.0 Å². The minimum absolute atomic E-state index is 0.0386. The number of nitrogens with zero attached hydrogens (tertiary/aromatic N) is 18. The van der Waals surface area contributed by atoms with Crippen molar-refractivity contribution >= 4 is 23.2 Å². The number of carbonyl (C=O) groups excluding carboxylic acids is 1. The number of fused-ring (bicyclic) bond motifs is 2. The number of hydrogen-bond donors (Lipinski definition) is 3. The fourth-order valence-corrected chi connectivity index (χ4v) is 9.15. The van der Waals surface area contributed by atoms with Crippen LogP contribution in [0.25, 0.3) is 22.7 Å². The molecule has 380 valence electrons. The number of carbonyl (C=O) groups is 2. The molecule has 14 rings (SSSR count). The van der Waals surface area contributed by atoms with Crippen molar-refractivity contribution in [2.24, 2.45) is 5.73 Å². The first-order valence-corrected chi connectivity index (χ1v) is 24.7. The van der Waals surface area contributed by atoms with E-state index in [1.165, 1.54) is 69.7 Å². The van der Waals surface area contributed by atoms with Gasteiger partial charge in [-0.1, -0.05) is 34.7 Å². The lowest BCUT2D eigenvalue weighted by atomic mass is 10.0. The summed E-state index contributed by atoms with van der Waals surface area (Å²) in [5.74, 6) is -0.118. The predicted molar refractivity (Wildman–Crippen MR) is 261 cm³/mol. The Balaban J connectivity index is 0.000000126. The zero-order valence-corrected chi connectivity index (χ0v) is 40.2. The second-order valence-corrected chi connectivity index (χ2v) is 19.3. The molecule has 4 saturated carbocycles. The van der Waals surface area contributed by atoms with Crippen LogP contribution in [-0.4, -0.2) is 106 Å². The molecule has 0 saturated heterocycles. The highest BCUT2D eigenvalue weighted by Crippen LogP contribution is 2.44. The first-order chi connectivity index (χ1) is 36.6. The van der Waals surface area contributed by atoms with E-state index in [1.807, 2.05) is 45.5 Å². The summed E-state index contributed by atoms with van der Waals surface area (Å²) in [6.45, 7) is 0.883. The van der Waals surface area contributed by atoms with Gasteiger partial charge in [0.1, 0.15) is 35.6 Å². The van der Waals surface area contributed by atoms with E-state index in [2.05, 4.69) is 91.5 Å². The highest BCUT2D eigenvalue weighted by molar-refractivity contribution is 5.91. The summed E-state index contributed by atoms with van der Waals surface area (Å²) >= 11 is 0. The average Bonchev–Trinajstić information content (AvgIpc) is 4.41. The van der Waals surface area contributed by atoms with Gasteiger partial charge in [0.15, 0.2) is 11.4 Å². The number of nitrogens with two attached hydrogens (primary N) is 1. The summed E-state index contributed by atoms with van der Waals surface area (Å²) in [4.78, 5) is 32.8. The van der Waals surface area contributed by atoms with Crippen molar-refractivity contribution in [2.75, 3.05) is 0 Å². The monoisotopic (exact) mass is 1010 g/mol. The molecule has 4 fully saturated rings. The Labute approximate surface area is 424 Å². The molecule has 4 aliphatic rings. The number of benzene rings is 2. The van der Waals surface area contributed by atoms with E-state index < -0.39 is 11.9 Å². The number of tetrazole rings is 2. The number of rotatable bonds is 15. The van der Waals surface area contributed by atoms with Crippen LogP contribution in [0, 0.1) is 11.6 Å². The molecule has 0 atom stereocenters. The van der Waals surface area contributed by atoms with Gasteiger partial charge in [-0.25, -0.2) is 42.3 Å². The maximum atomic E-state index is 15.4. The van der Waals surface area contributed by atoms with Crippen LogP contribution in [0.2, 0.25) is 0 Å². The predicted octanol–water partition coefficient (Wildman–Crippen LogP) is 5.46. The van der Waals surface area contributed by atoms with Crippen LogP contribution < -0.4 is 11.1 Å². The normalized spacial score (nSPS) is 15.1. The highest BCUT2D eigenvalue weighted by atomic mass is 19.1. The quantitative estimate of drug-likeness (QED) is 0.115. The molecule has 75 heavy (non-hydrogen) atoms. The van der Waals surface area contributed by atoms with Crippen LogP contribution in [0.15, 0.2) is 98.4 Å². The number of imidazole rings is 2. The van der Waals surface area contributed by atoms with Crippen molar-refractivity contribution in [3.63, 3.8) is 0 Å². The summed E-state index contributed by atoms with van der Waals surface area (Å²) in [6.07, 6.45) is 23.0. The summed E-state index contributed by atoms with van der Waals surface area (Å²) in [6, 6.07) is 15.5. The Morgan fingerprint density at radius 2 is 1.07 bits per heavy atom. The van der Waals surface area contributed by atoms with Crippen LogP contribution in [0.4, 0.5) is 8.78 Å². The molecule has 23 nitrogen and oxygen atoms in total. The van der Waals surface area contributed by atoms with Gasteiger partial charge in [0.25, 0.3) is 5.91 Å². The van der Waals surface area contributed by atoms with Crippen LogP contribution in [0.3, 0.4) is 0 Å². The van der Waals surface area contributed by atoms with Crippen LogP contribution in [0.5, 0.6) is 0 Å². The third-order valence-electron chi connectivity index (χ3n) is 13.7. The molecule has 2 aromatic carbocycles. The zero-order valence-electron chi connectivity index (χ0n) is 40.2. The van der Waals surface area contributed by atoms with Crippen molar-refractivity contribution in [2.45, 2.75) is 101 Å². The Bertz CT molecular complexity index is 3700. The highest BCUT2D eigenvalue weighted by Gasteiger charge is 2.31. The third kappa shape index (κ3) is 10.3. The maximum Gasteiger partial charge on any atom is 0.358 e. The molecule has 4 N–H and O–H groups in total. The molecular formula is C50H48F2N20O3. The molecule has 8 aromatic heterocycles. The number of aromatic nitrogens is 18. The van der Waals surface area contributed by atoms with E-state index in [0.717, 1.165) is 53.9 Å². The molecule has 10 aromatic rings. The van der Waals surface area contributed by atoms with E-state index in [1.54, 1.807) is 23.0 Å². The fraction of sp³-hybridized carbons (Fsp3) is 0.320. The van der Waals surface area contributed by atoms with Gasteiger partial charge in [-0.05, 0) is 142 Å². The first-order valence-electron chi connectivity index (χ1n) is 24.7. The van der Waals surface area contributed by atoms with Gasteiger partial charge in [0.2, 0.25) is 0 Å². The minimum Gasteiger partial charge on any atom is -0.476 e. The summed E-state index contributed by atoms with van der Waals surface area (Å²) < 4.78 is 39.6. The average molecular weight is 1020 g/mol. The molecular weight excluding hydrogens is 967 g/mol. The van der Waals surface area contributed by atoms with Crippen molar-refractivity contribution in [3.05, 3.63) is 166 Å². The SMILES string of the molecule is NCc1c(-n2cnnn2)ccc(C2CC2)c1F.O=C(NCc1c(-n2cnnn2)ccc(C2CC2)c1F)c1cn(Cc2cn3cc(C4CC4)ccc3n2)nn1.O=C(O)c1cn(Cc2cn3cc(C4CC4)ccc3n2)nn1. The van der Waals surface area contributed by atoms with Crippen molar-refractivity contribution in [3.8, 4) is 11.4 Å². The van der Waals surface area contributed by atoms with Gasteiger partial charge >= 0.3 is 5.97 Å². The molecule has 8 heterocycles. The number of pyridine rings is 2. The Kier molecular flexibility index (Phi) is 12.4. The Morgan fingerprint density at radius 3 is 1.52 bits per heavy atom. The van der Waals surface area contributed by atoms with Crippen molar-refractivity contribution < 1.29 is 23.5 Å². The molecule has 0 aliphatic heterocycles. The Morgan fingerprint density at radius 1 is 0.587 bits per heavy atom. The van der Waals surface area contributed by atoms with Crippen molar-refractivity contribution in [1.82, 2.24) is 94.5 Å². The summed E-state index contributed by atoms with van der Waals surface area (Å²) in [5.41, 5.74) is 15.1. The van der Waals surface area contributed by atoms with Gasteiger partial charge in [0, 0.05) is 49.0 Å². The lowest BCUT2D eigenvalue weighted by molar-refractivity contribution is 0.0690. The van der Waals surface area contributed by atoms with Gasteiger partial charge in [-0.2, -0.15) is 0 Å². The lowest BCUT2D eigenvalue weighted by Gasteiger charge is -2.13. The van der Waals surface area contributed by atoms with Gasteiger partial charge in [0.05, 0.1) is 48.2 Å². The lowest BCUT2D eigenvalue weighted by Crippen LogP contribution is -2.25. The minimum atomic E-state index is -1.08. The number of nitrogens with one attached hydrogen (secondary N) is 1. The van der Waals surface area contributed by atoms with Gasteiger partial charge in [-0.15, -0.1) is 20.4 Å². The Hall–Kier alpha value is -9.00. The summed E-state index contributed by atoms with van der Waals surface area (Å²) in [5, 5.41) is 49.1. The van der Waals surface area contributed by atoms with E-state index in [4.69, 9.17) is 10.8 Å². The largest absolute Gasteiger partial charge is 0.476 e. The van der Waals surface area contributed by atoms with Crippen LogP contribution >= 0.6 is 0 Å². The van der Waals surface area contributed by atoms with E-state index in [9.17, 15) is 14.0 Å². The topological polar surface area (TPSA) is 276 Å². The fourth-order valence-electron chi connectivity index (χ4n) is 9.15. The first kappa shape index (κ1) is 47.0. The van der Waals surface area contributed by atoms with E-state index in [0.29, 0.717) is 58.9 Å². The number of aromatic carboxylic acids is 1. The third-order valence-corrected chi connectivity index (χ3v) is 13.7. The zero-order chi connectivity index (χ0) is 51.2. The molecule has 1 amide bonds. The van der Waals surface area contributed by atoms with E-state index >= 15 is 4.39 Å². The molecule has 4 aliphatic carbocycles. The molecule has 25 heteroatoms. The summed E-state index contributed by atoms with van der Waals surface area (Å²) in [7, 11) is 0. The number of carboxylic acid groups (broad SMARTS) is 1. The smallest absolute Gasteiger partial charge is 0.358 e. The molecule has 0 bridgehead atoms. The number of amides is 1. The van der Waals surface area contributed by atoms with Gasteiger partial charge in [-0.3, -0.25) is 4.79 Å².